The van der Waals surface area contributed by atoms with Crippen molar-refractivity contribution in [3.63, 3.8) is 0 Å². The number of carbonyl (C=O) groups is 1. The number of hydrogen-bond donors (Lipinski definition) is 1. The summed E-state index contributed by atoms with van der Waals surface area (Å²) in [4.78, 5) is 20.9. The van der Waals surface area contributed by atoms with Gasteiger partial charge < -0.3 is 14.5 Å². The minimum atomic E-state index is -0.186. The van der Waals surface area contributed by atoms with Crippen LogP contribution in [0.3, 0.4) is 0 Å². The Kier molecular flexibility index (Phi) is 6.54. The monoisotopic (exact) mass is 385 g/mol. The van der Waals surface area contributed by atoms with Crippen molar-refractivity contribution in [1.82, 2.24) is 4.90 Å². The van der Waals surface area contributed by atoms with Crippen LogP contribution in [-0.2, 0) is 4.79 Å². The van der Waals surface area contributed by atoms with Crippen LogP contribution in [0.15, 0.2) is 34.2 Å². The number of rotatable bonds is 5. The van der Waals surface area contributed by atoms with Gasteiger partial charge in [-0.2, -0.15) is 10.3 Å². The van der Waals surface area contributed by atoms with Crippen LogP contribution in [0, 0.1) is 11.3 Å². The van der Waals surface area contributed by atoms with Crippen LogP contribution in [0.5, 0.6) is 5.75 Å². The molecule has 1 N–H and O–H groups in total. The average molecular weight is 386 g/mol. The molecule has 1 aromatic rings. The highest BCUT2D eigenvalue weighted by molar-refractivity contribution is 8.18. The van der Waals surface area contributed by atoms with Gasteiger partial charge in [-0.1, -0.05) is 18.2 Å². The average Bonchev–Trinajstić information content (AvgIpc) is 3.02. The van der Waals surface area contributed by atoms with Gasteiger partial charge in [0.15, 0.2) is 5.17 Å². The number of para-hydroxylation sites is 1. The first-order chi connectivity index (χ1) is 13.1. The highest BCUT2D eigenvalue weighted by atomic mass is 32.2. The molecule has 2 aliphatic heterocycles. The molecule has 27 heavy (non-hydrogen) atoms. The van der Waals surface area contributed by atoms with Gasteiger partial charge in [0, 0.05) is 5.56 Å². The van der Waals surface area contributed by atoms with Gasteiger partial charge in [0.2, 0.25) is 0 Å². The predicted octanol–water partition coefficient (Wildman–Crippen LogP) is 1.56. The van der Waals surface area contributed by atoms with Crippen molar-refractivity contribution < 1.29 is 14.4 Å². The van der Waals surface area contributed by atoms with Crippen molar-refractivity contribution >= 4 is 28.9 Å². The van der Waals surface area contributed by atoms with Gasteiger partial charge >= 0.3 is 0 Å². The van der Waals surface area contributed by atoms with E-state index in [-0.39, 0.29) is 12.0 Å². The zero-order valence-corrected chi connectivity index (χ0v) is 16.6. The third-order valence-corrected chi connectivity index (χ3v) is 5.55. The number of carbonyl (C=O) groups excluding carboxylic acids is 1. The zero-order valence-electron chi connectivity index (χ0n) is 15.8. The Morgan fingerprint density at radius 3 is 2.81 bits per heavy atom. The number of piperazine rings is 1. The first-order valence-corrected chi connectivity index (χ1v) is 10.1. The first kappa shape index (κ1) is 19.5. The van der Waals surface area contributed by atoms with Gasteiger partial charge in [-0.05, 0) is 37.8 Å². The van der Waals surface area contributed by atoms with Crippen molar-refractivity contribution in [2.45, 2.75) is 26.4 Å². The highest BCUT2D eigenvalue weighted by Crippen LogP contribution is 2.32. The lowest BCUT2D eigenvalue weighted by Crippen LogP contribution is -3.14. The topological polar surface area (TPSA) is 70.1 Å². The maximum atomic E-state index is 12.4. The Hall–Kier alpha value is -2.30. The molecule has 3 rings (SSSR count). The van der Waals surface area contributed by atoms with Crippen molar-refractivity contribution in [1.29, 1.82) is 5.26 Å². The molecule has 0 radical (unpaired) electrons. The number of aliphatic imine (C=N–C) groups is 1. The zero-order chi connectivity index (χ0) is 19.2. The molecule has 1 fully saturated rings. The van der Waals surface area contributed by atoms with Crippen molar-refractivity contribution in [3.05, 3.63) is 34.7 Å². The normalized spacial score (nSPS) is 19.5. The van der Waals surface area contributed by atoms with Crippen LogP contribution in [0.1, 0.15) is 25.8 Å². The number of nitrogens with zero attached hydrogens (tertiary/aromatic N) is 3. The number of hydrogen-bond acceptors (Lipinski definition) is 5. The minimum absolute atomic E-state index is 0.0723. The second-order valence-electron chi connectivity index (χ2n) is 6.91. The SMILES string of the molecule is CC(C)Oc1ccccc1/C=C1\SC(N2CC[NH+](CCC#N)CC2)=NC1=O. The summed E-state index contributed by atoms with van der Waals surface area (Å²) in [5, 5.41) is 9.50. The maximum absolute atomic E-state index is 12.4. The van der Waals surface area contributed by atoms with E-state index in [1.54, 1.807) is 0 Å². The number of nitriles is 1. The largest absolute Gasteiger partial charge is 0.490 e. The molecule has 0 unspecified atom stereocenters. The molecule has 1 aromatic carbocycles. The standard InChI is InChI=1S/C20H24N4O2S/c1-15(2)26-17-7-4-3-6-16(17)14-18-19(25)22-20(27-18)24-12-10-23(11-13-24)9-5-8-21/h3-4,6-7,14-15H,5,9-13H2,1-2H3/p+1/b18-14-. The lowest BCUT2D eigenvalue weighted by Gasteiger charge is -2.32. The summed E-state index contributed by atoms with van der Waals surface area (Å²) in [7, 11) is 0. The molecule has 0 saturated carbocycles. The summed E-state index contributed by atoms with van der Waals surface area (Å²) in [6, 6.07) is 9.95. The highest BCUT2D eigenvalue weighted by Gasteiger charge is 2.29. The summed E-state index contributed by atoms with van der Waals surface area (Å²) in [6.45, 7) is 8.53. The second-order valence-corrected chi connectivity index (χ2v) is 7.92. The molecule has 0 aliphatic carbocycles. The number of nitrogens with one attached hydrogen (secondary N) is 1. The van der Waals surface area contributed by atoms with Crippen molar-refractivity contribution in [2.75, 3.05) is 32.7 Å². The molecule has 0 spiro atoms. The number of amides is 1. The van der Waals surface area contributed by atoms with Crippen molar-refractivity contribution in [2.24, 2.45) is 4.99 Å². The molecule has 6 nitrogen and oxygen atoms in total. The lowest BCUT2D eigenvalue weighted by atomic mass is 10.2. The van der Waals surface area contributed by atoms with E-state index in [0.717, 1.165) is 49.2 Å². The number of thioether (sulfide) groups is 1. The molecular formula is C20H25N4O2S+. The van der Waals surface area contributed by atoms with E-state index in [1.165, 1.54) is 16.7 Å². The number of benzene rings is 1. The first-order valence-electron chi connectivity index (χ1n) is 9.30. The summed E-state index contributed by atoms with van der Waals surface area (Å²) in [5.74, 6) is 0.588. The Balaban J connectivity index is 1.65. The summed E-state index contributed by atoms with van der Waals surface area (Å²) >= 11 is 1.44. The minimum Gasteiger partial charge on any atom is -0.490 e. The van der Waals surface area contributed by atoms with Crippen LogP contribution in [-0.4, -0.2) is 54.8 Å². The Bertz CT molecular complexity index is 789. The number of quaternary nitrogens is 1. The Morgan fingerprint density at radius 2 is 2.11 bits per heavy atom. The fraction of sp³-hybridized carbons (Fsp3) is 0.450. The van der Waals surface area contributed by atoms with Crippen LogP contribution >= 0.6 is 11.8 Å². The molecule has 7 heteroatoms. The lowest BCUT2D eigenvalue weighted by molar-refractivity contribution is -0.903. The molecule has 142 valence electrons. The Morgan fingerprint density at radius 1 is 1.37 bits per heavy atom. The van der Waals surface area contributed by atoms with Crippen LogP contribution in [0.4, 0.5) is 0 Å². The predicted molar refractivity (Wildman–Crippen MR) is 108 cm³/mol. The van der Waals surface area contributed by atoms with E-state index in [0.29, 0.717) is 11.3 Å². The van der Waals surface area contributed by atoms with E-state index in [1.807, 2.05) is 44.2 Å². The van der Waals surface area contributed by atoms with Gasteiger partial charge in [0.1, 0.15) is 5.75 Å². The molecule has 0 atom stereocenters. The molecule has 0 aromatic heterocycles. The molecule has 1 saturated heterocycles. The van der Waals surface area contributed by atoms with Crippen LogP contribution in [0.2, 0.25) is 0 Å². The smallest absolute Gasteiger partial charge is 0.286 e. The van der Waals surface area contributed by atoms with E-state index in [4.69, 9.17) is 10.00 Å². The molecular weight excluding hydrogens is 360 g/mol. The molecule has 2 aliphatic rings. The number of ether oxygens (including phenoxy) is 1. The van der Waals surface area contributed by atoms with Gasteiger partial charge in [-0.25, -0.2) is 0 Å². The van der Waals surface area contributed by atoms with E-state index >= 15 is 0 Å². The fourth-order valence-corrected chi connectivity index (χ4v) is 4.09. The van der Waals surface area contributed by atoms with Crippen LogP contribution < -0.4 is 9.64 Å². The van der Waals surface area contributed by atoms with Crippen molar-refractivity contribution in [3.8, 4) is 11.8 Å². The summed E-state index contributed by atoms with van der Waals surface area (Å²) in [6.07, 6.45) is 2.53. The second kappa shape index (κ2) is 9.07. The van der Waals surface area contributed by atoms with E-state index in [9.17, 15) is 4.79 Å². The molecule has 0 bridgehead atoms. The van der Waals surface area contributed by atoms with E-state index < -0.39 is 0 Å². The van der Waals surface area contributed by atoms with Gasteiger partial charge in [-0.15, -0.1) is 0 Å². The third kappa shape index (κ3) is 5.12. The fourth-order valence-electron chi connectivity index (χ4n) is 3.13. The van der Waals surface area contributed by atoms with Gasteiger partial charge in [0.05, 0.1) is 56.2 Å². The third-order valence-electron chi connectivity index (χ3n) is 4.51. The number of amidine groups is 1. The summed E-state index contributed by atoms with van der Waals surface area (Å²) in [5.41, 5.74) is 0.893. The van der Waals surface area contributed by atoms with Gasteiger partial charge in [0.25, 0.3) is 5.91 Å². The molecule has 1 amide bonds. The van der Waals surface area contributed by atoms with Gasteiger partial charge in [-0.3, -0.25) is 4.79 Å². The molecule has 2 heterocycles. The Labute approximate surface area is 164 Å². The quantitative estimate of drug-likeness (QED) is 0.779. The van der Waals surface area contributed by atoms with Crippen LogP contribution in [0.25, 0.3) is 6.08 Å². The van der Waals surface area contributed by atoms with E-state index in [2.05, 4.69) is 16.0 Å². The maximum Gasteiger partial charge on any atom is 0.286 e. The summed E-state index contributed by atoms with van der Waals surface area (Å²) < 4.78 is 5.84.